The second kappa shape index (κ2) is 11.1. The quantitative estimate of drug-likeness (QED) is 0.245. The van der Waals surface area contributed by atoms with E-state index in [1.165, 1.54) is 11.5 Å². The molecule has 0 aromatic carbocycles. The molecule has 0 aliphatic carbocycles. The number of hydrogen-bond acceptors (Lipinski definition) is 5. The molecule has 0 aliphatic heterocycles. The number of nitrogens with one attached hydrogen (secondary N) is 1. The molecule has 1 amide bonds. The lowest BCUT2D eigenvalue weighted by Gasteiger charge is -1.96. The van der Waals surface area contributed by atoms with Crippen LogP contribution in [0.5, 0.6) is 0 Å². The first-order chi connectivity index (χ1) is 9.65. The molecular formula is C12H15N5O3. The number of aromatic nitrogens is 3. The van der Waals surface area contributed by atoms with Gasteiger partial charge in [0.1, 0.15) is 18.4 Å². The van der Waals surface area contributed by atoms with E-state index in [4.69, 9.17) is 14.7 Å². The zero-order valence-corrected chi connectivity index (χ0v) is 10.6. The summed E-state index contributed by atoms with van der Waals surface area (Å²) in [7, 11) is 0. The highest BCUT2D eigenvalue weighted by Crippen LogP contribution is 1.99. The summed E-state index contributed by atoms with van der Waals surface area (Å²) in [6.45, 7) is 3.11. The van der Waals surface area contributed by atoms with Gasteiger partial charge >= 0.3 is 6.09 Å². The summed E-state index contributed by atoms with van der Waals surface area (Å²) >= 11 is 0. The molecule has 0 spiro atoms. The number of pyridine rings is 1. The molecule has 2 aromatic heterocycles. The average molecular weight is 277 g/mol. The first kappa shape index (κ1) is 17.0. The van der Waals surface area contributed by atoms with Crippen LogP contribution in [-0.2, 0) is 4.79 Å². The van der Waals surface area contributed by atoms with E-state index in [0.717, 1.165) is 5.82 Å². The predicted molar refractivity (Wildman–Crippen MR) is 73.0 cm³/mol. The molecule has 2 rings (SSSR count). The molecule has 2 heterocycles. The third-order valence-corrected chi connectivity index (χ3v) is 1.64. The summed E-state index contributed by atoms with van der Waals surface area (Å²) in [5.41, 5.74) is 1.44. The average Bonchev–Trinajstić information content (AvgIpc) is 3.03. The van der Waals surface area contributed by atoms with Gasteiger partial charge in [0.25, 0.3) is 0 Å². The van der Waals surface area contributed by atoms with Gasteiger partial charge in [0.2, 0.25) is 0 Å². The Balaban J connectivity index is 0.000000340. The highest BCUT2D eigenvalue weighted by Gasteiger charge is 1.91. The normalized spacial score (nSPS) is 8.05. The molecule has 2 aromatic rings. The number of carboxylic acid groups (broad SMARTS) is 1. The highest BCUT2D eigenvalue weighted by molar-refractivity contribution is 5.63. The van der Waals surface area contributed by atoms with Crippen LogP contribution in [0, 0.1) is 0 Å². The molecule has 0 saturated carbocycles. The third kappa shape index (κ3) is 8.14. The molecule has 4 N–H and O–H groups in total. The van der Waals surface area contributed by atoms with Gasteiger partial charge in [-0.1, -0.05) is 12.6 Å². The lowest BCUT2D eigenvalue weighted by molar-refractivity contribution is -0.104. The number of carbonyl (C=O) groups is 2. The Morgan fingerprint density at radius 3 is 2.45 bits per heavy atom. The second-order valence-electron chi connectivity index (χ2n) is 2.98. The topological polar surface area (TPSA) is 123 Å². The van der Waals surface area contributed by atoms with Gasteiger partial charge in [0.15, 0.2) is 0 Å². The van der Waals surface area contributed by atoms with Crippen LogP contribution >= 0.6 is 0 Å². The molecule has 0 atom stereocenters. The first-order valence-corrected chi connectivity index (χ1v) is 5.30. The minimum atomic E-state index is -1.22. The smallest absolute Gasteiger partial charge is 0.418 e. The minimum absolute atomic E-state index is 0.639. The van der Waals surface area contributed by atoms with Crippen molar-refractivity contribution in [2.75, 3.05) is 0 Å². The minimum Gasteiger partial charge on any atom is -0.464 e. The number of aldehydes is 1. The van der Waals surface area contributed by atoms with Crippen LogP contribution < -0.4 is 11.3 Å². The Kier molecular flexibility index (Phi) is 9.44. The third-order valence-electron chi connectivity index (χ3n) is 1.64. The summed E-state index contributed by atoms with van der Waals surface area (Å²) in [5, 5.41) is 7.49. The van der Waals surface area contributed by atoms with Gasteiger partial charge in [-0.2, -0.15) is 0 Å². The van der Waals surface area contributed by atoms with Crippen LogP contribution in [0.4, 0.5) is 4.79 Å². The van der Waals surface area contributed by atoms with Gasteiger partial charge in [-0.05, 0) is 18.2 Å². The summed E-state index contributed by atoms with van der Waals surface area (Å²) < 4.78 is 1.86. The number of hydrazine groups is 1. The van der Waals surface area contributed by atoms with E-state index in [0.29, 0.717) is 6.29 Å². The lowest BCUT2D eigenvalue weighted by Crippen LogP contribution is -2.27. The van der Waals surface area contributed by atoms with Crippen LogP contribution in [-0.4, -0.2) is 32.0 Å². The van der Waals surface area contributed by atoms with Crippen LogP contribution in [0.25, 0.3) is 5.82 Å². The number of nitrogens with two attached hydrogens (primary N) is 1. The maximum atomic E-state index is 9.13. The Bertz CT molecular complexity index is 493. The van der Waals surface area contributed by atoms with E-state index in [-0.39, 0.29) is 0 Å². The van der Waals surface area contributed by atoms with E-state index < -0.39 is 6.09 Å². The fraction of sp³-hybridized carbons (Fsp3) is 0. The Morgan fingerprint density at radius 1 is 1.45 bits per heavy atom. The molecule has 0 saturated heterocycles. The zero-order chi connectivity index (χ0) is 15.2. The van der Waals surface area contributed by atoms with Crippen LogP contribution in [0.15, 0.2) is 55.8 Å². The van der Waals surface area contributed by atoms with Crippen LogP contribution in [0.1, 0.15) is 0 Å². The van der Waals surface area contributed by atoms with E-state index in [1.807, 2.05) is 29.0 Å². The molecule has 0 fully saturated rings. The van der Waals surface area contributed by atoms with Crippen molar-refractivity contribution in [3.63, 3.8) is 0 Å². The molecule has 0 unspecified atom stereocenters. The van der Waals surface area contributed by atoms with Crippen molar-refractivity contribution in [3.05, 3.63) is 55.8 Å². The van der Waals surface area contributed by atoms with Crippen molar-refractivity contribution in [3.8, 4) is 5.82 Å². The highest BCUT2D eigenvalue weighted by atomic mass is 16.4. The molecule has 106 valence electrons. The van der Waals surface area contributed by atoms with Gasteiger partial charge in [-0.25, -0.2) is 20.6 Å². The lowest BCUT2D eigenvalue weighted by atomic mass is 10.5. The fourth-order valence-corrected chi connectivity index (χ4v) is 0.901. The summed E-state index contributed by atoms with van der Waals surface area (Å²) in [5.74, 6) is 5.22. The number of hydrogen-bond donors (Lipinski definition) is 3. The van der Waals surface area contributed by atoms with Crippen LogP contribution in [0.2, 0.25) is 0 Å². The number of nitrogens with zero attached hydrogens (tertiary/aromatic N) is 3. The monoisotopic (exact) mass is 277 g/mol. The molecular weight excluding hydrogens is 262 g/mol. The molecule has 8 nitrogen and oxygen atoms in total. The number of allylic oxidation sites excluding steroid dienone is 1. The number of amides is 1. The zero-order valence-electron chi connectivity index (χ0n) is 10.6. The number of carbonyl (C=O) groups excluding carboxylic acids is 1. The molecule has 8 heteroatoms. The number of rotatable bonds is 2. The Hall–Kier alpha value is -3.00. The molecule has 0 aliphatic rings. The van der Waals surface area contributed by atoms with Crippen molar-refractivity contribution in [2.45, 2.75) is 0 Å². The first-order valence-electron chi connectivity index (χ1n) is 5.30. The maximum Gasteiger partial charge on any atom is 0.418 e. The Morgan fingerprint density at radius 2 is 2.10 bits per heavy atom. The van der Waals surface area contributed by atoms with Gasteiger partial charge in [-0.15, -0.1) is 0 Å². The van der Waals surface area contributed by atoms with E-state index in [2.05, 4.69) is 22.4 Å². The van der Waals surface area contributed by atoms with Gasteiger partial charge in [0, 0.05) is 18.6 Å². The molecule has 20 heavy (non-hydrogen) atoms. The SMILES string of the molecule is C=CC=O.NNC(=O)O.c1ccc(-n2ccnc2)nc1. The summed E-state index contributed by atoms with van der Waals surface area (Å²) in [6, 6.07) is 5.77. The molecule has 0 radical (unpaired) electrons. The van der Waals surface area contributed by atoms with Crippen molar-refractivity contribution < 1.29 is 14.7 Å². The largest absolute Gasteiger partial charge is 0.464 e. The molecule has 0 bridgehead atoms. The Labute approximate surface area is 115 Å². The van der Waals surface area contributed by atoms with Crippen molar-refractivity contribution >= 4 is 12.4 Å². The van der Waals surface area contributed by atoms with Crippen molar-refractivity contribution in [1.82, 2.24) is 20.0 Å². The van der Waals surface area contributed by atoms with Crippen molar-refractivity contribution in [2.24, 2.45) is 5.84 Å². The predicted octanol–water partition coefficient (Wildman–Crippen LogP) is 0.766. The van der Waals surface area contributed by atoms with Gasteiger partial charge < -0.3 is 5.11 Å². The summed E-state index contributed by atoms with van der Waals surface area (Å²) in [4.78, 5) is 26.3. The number of imidazole rings is 1. The van der Waals surface area contributed by atoms with Gasteiger partial charge in [-0.3, -0.25) is 14.8 Å². The second-order valence-corrected chi connectivity index (χ2v) is 2.98. The van der Waals surface area contributed by atoms with Gasteiger partial charge in [0.05, 0.1) is 0 Å². The van der Waals surface area contributed by atoms with Crippen LogP contribution in [0.3, 0.4) is 0 Å². The maximum absolute atomic E-state index is 9.13. The summed E-state index contributed by atoms with van der Waals surface area (Å²) in [6.07, 6.45) is 7.69. The van der Waals surface area contributed by atoms with E-state index >= 15 is 0 Å². The van der Waals surface area contributed by atoms with Crippen molar-refractivity contribution in [1.29, 1.82) is 0 Å². The standard InChI is InChI=1S/C8H7N3.C3H4O.CH4N2O2/c1-2-4-10-8(3-1)11-6-5-9-7-11;1-2-3-4;2-3-1(4)5/h1-7H;2-3H,1H2;3H,2H2,(H,4,5). The fourth-order valence-electron chi connectivity index (χ4n) is 0.901. The van der Waals surface area contributed by atoms with E-state index in [1.54, 1.807) is 18.7 Å². The van der Waals surface area contributed by atoms with E-state index in [9.17, 15) is 0 Å².